The first-order chi connectivity index (χ1) is 8.06. The molecule has 17 heavy (non-hydrogen) atoms. The van der Waals surface area contributed by atoms with Gasteiger partial charge in [0.25, 0.3) is 0 Å². The quantitative estimate of drug-likeness (QED) is 0.591. The standard InChI is InChI=1S/C11H18N2O3S/c1-2-16-11(15)8-5-3-4-6-13(8)10(14)7-9(12)17/h8H,2-7H2,1H3,(H2,12,17). The second-order valence-corrected chi connectivity index (χ2v) is 4.52. The third-order valence-corrected chi connectivity index (χ3v) is 2.85. The number of rotatable bonds is 4. The van der Waals surface area contributed by atoms with E-state index in [1.54, 1.807) is 11.8 Å². The maximum Gasteiger partial charge on any atom is 0.328 e. The summed E-state index contributed by atoms with van der Waals surface area (Å²) >= 11 is 4.71. The molecular formula is C11H18N2O3S. The molecule has 1 aliphatic rings. The van der Waals surface area contributed by atoms with E-state index >= 15 is 0 Å². The molecule has 0 saturated carbocycles. The highest BCUT2D eigenvalue weighted by molar-refractivity contribution is 7.80. The Kier molecular flexibility index (Phi) is 5.34. The fourth-order valence-electron chi connectivity index (χ4n) is 1.96. The fraction of sp³-hybridized carbons (Fsp3) is 0.727. The zero-order chi connectivity index (χ0) is 12.8. The molecule has 1 aliphatic heterocycles. The minimum absolute atomic E-state index is 0.0191. The van der Waals surface area contributed by atoms with Crippen LogP contribution in [-0.2, 0) is 14.3 Å². The molecule has 0 aromatic rings. The molecule has 1 rings (SSSR count). The lowest BCUT2D eigenvalue weighted by Gasteiger charge is -2.33. The van der Waals surface area contributed by atoms with E-state index in [1.165, 1.54) is 0 Å². The molecule has 0 aromatic heterocycles. The molecular weight excluding hydrogens is 240 g/mol. The summed E-state index contributed by atoms with van der Waals surface area (Å²) in [7, 11) is 0. The normalized spacial score (nSPS) is 19.8. The van der Waals surface area contributed by atoms with Crippen molar-refractivity contribution in [3.63, 3.8) is 0 Å². The summed E-state index contributed by atoms with van der Waals surface area (Å²) in [6.07, 6.45) is 2.51. The van der Waals surface area contributed by atoms with Crippen LogP contribution in [0.1, 0.15) is 32.6 Å². The number of esters is 1. The Balaban J connectivity index is 2.68. The molecule has 1 unspecified atom stereocenters. The summed E-state index contributed by atoms with van der Waals surface area (Å²) in [4.78, 5) is 25.3. The van der Waals surface area contributed by atoms with Gasteiger partial charge in [0, 0.05) is 6.54 Å². The Bertz CT molecular complexity index is 320. The Hall–Kier alpha value is -1.17. The van der Waals surface area contributed by atoms with E-state index in [-0.39, 0.29) is 23.3 Å². The van der Waals surface area contributed by atoms with Crippen molar-refractivity contribution in [1.29, 1.82) is 0 Å². The van der Waals surface area contributed by atoms with Crippen molar-refractivity contribution in [2.75, 3.05) is 13.2 Å². The number of likely N-dealkylation sites (tertiary alicyclic amines) is 1. The van der Waals surface area contributed by atoms with Crippen LogP contribution in [0.2, 0.25) is 0 Å². The van der Waals surface area contributed by atoms with E-state index in [4.69, 9.17) is 22.7 Å². The summed E-state index contributed by atoms with van der Waals surface area (Å²) in [6.45, 7) is 2.65. The van der Waals surface area contributed by atoms with E-state index in [2.05, 4.69) is 0 Å². The molecule has 1 fully saturated rings. The lowest BCUT2D eigenvalue weighted by atomic mass is 10.0. The van der Waals surface area contributed by atoms with Crippen molar-refractivity contribution >= 4 is 29.1 Å². The van der Waals surface area contributed by atoms with Crippen LogP contribution in [0.15, 0.2) is 0 Å². The molecule has 96 valence electrons. The maximum absolute atomic E-state index is 11.9. The van der Waals surface area contributed by atoms with Crippen LogP contribution in [0.25, 0.3) is 0 Å². The van der Waals surface area contributed by atoms with Crippen LogP contribution in [0.5, 0.6) is 0 Å². The first kappa shape index (κ1) is 13.9. The minimum atomic E-state index is -0.467. The van der Waals surface area contributed by atoms with Crippen molar-refractivity contribution in [1.82, 2.24) is 4.90 Å². The number of piperidine rings is 1. The highest BCUT2D eigenvalue weighted by atomic mass is 32.1. The highest BCUT2D eigenvalue weighted by Crippen LogP contribution is 2.19. The van der Waals surface area contributed by atoms with Crippen LogP contribution < -0.4 is 5.73 Å². The monoisotopic (exact) mass is 258 g/mol. The van der Waals surface area contributed by atoms with Crippen molar-refractivity contribution in [3.05, 3.63) is 0 Å². The van der Waals surface area contributed by atoms with Gasteiger partial charge < -0.3 is 15.4 Å². The molecule has 2 N–H and O–H groups in total. The number of hydrogen-bond acceptors (Lipinski definition) is 4. The molecule has 1 amide bonds. The van der Waals surface area contributed by atoms with Crippen LogP contribution in [0.4, 0.5) is 0 Å². The van der Waals surface area contributed by atoms with Gasteiger partial charge in [-0.2, -0.15) is 0 Å². The highest BCUT2D eigenvalue weighted by Gasteiger charge is 2.32. The number of ether oxygens (including phenoxy) is 1. The Morgan fingerprint density at radius 3 is 2.76 bits per heavy atom. The van der Waals surface area contributed by atoms with Gasteiger partial charge in [0.15, 0.2) is 0 Å². The maximum atomic E-state index is 11.9. The second-order valence-electron chi connectivity index (χ2n) is 3.99. The van der Waals surface area contributed by atoms with E-state index in [9.17, 15) is 9.59 Å². The van der Waals surface area contributed by atoms with Gasteiger partial charge in [-0.15, -0.1) is 0 Å². The van der Waals surface area contributed by atoms with Gasteiger partial charge >= 0.3 is 5.97 Å². The van der Waals surface area contributed by atoms with Crippen molar-refractivity contribution in [3.8, 4) is 0 Å². The average Bonchev–Trinajstić information content (AvgIpc) is 2.28. The summed E-state index contributed by atoms with van der Waals surface area (Å²) in [5.74, 6) is -0.515. The summed E-state index contributed by atoms with van der Waals surface area (Å²) in [5, 5.41) is 0. The number of amides is 1. The molecule has 6 heteroatoms. The van der Waals surface area contributed by atoms with Gasteiger partial charge in [-0.3, -0.25) is 4.79 Å². The Morgan fingerprint density at radius 2 is 2.18 bits per heavy atom. The summed E-state index contributed by atoms with van der Waals surface area (Å²) in [6, 6.07) is -0.467. The average molecular weight is 258 g/mol. The molecule has 5 nitrogen and oxygen atoms in total. The molecule has 0 spiro atoms. The lowest BCUT2D eigenvalue weighted by molar-refractivity contribution is -0.156. The Morgan fingerprint density at radius 1 is 1.47 bits per heavy atom. The molecule has 0 aromatic carbocycles. The summed E-state index contributed by atoms with van der Waals surface area (Å²) in [5.41, 5.74) is 5.35. The van der Waals surface area contributed by atoms with Gasteiger partial charge in [-0.05, 0) is 26.2 Å². The van der Waals surface area contributed by atoms with Gasteiger partial charge in [0.2, 0.25) is 5.91 Å². The van der Waals surface area contributed by atoms with E-state index in [0.29, 0.717) is 19.6 Å². The predicted molar refractivity (Wildman–Crippen MR) is 67.4 cm³/mol. The number of thiocarbonyl (C=S) groups is 1. The van der Waals surface area contributed by atoms with Crippen molar-refractivity contribution < 1.29 is 14.3 Å². The van der Waals surface area contributed by atoms with Crippen molar-refractivity contribution in [2.24, 2.45) is 5.73 Å². The first-order valence-electron chi connectivity index (χ1n) is 5.80. The molecule has 1 atom stereocenters. The number of carbonyl (C=O) groups excluding carboxylic acids is 2. The smallest absolute Gasteiger partial charge is 0.328 e. The third kappa shape index (κ3) is 3.96. The van der Waals surface area contributed by atoms with Gasteiger partial charge in [0.1, 0.15) is 6.04 Å². The zero-order valence-electron chi connectivity index (χ0n) is 9.98. The van der Waals surface area contributed by atoms with Crippen LogP contribution in [-0.4, -0.2) is 41.0 Å². The lowest BCUT2D eigenvalue weighted by Crippen LogP contribution is -2.49. The Labute approximate surface area is 106 Å². The molecule has 1 saturated heterocycles. The number of carbonyl (C=O) groups is 2. The molecule has 0 bridgehead atoms. The number of nitrogens with zero attached hydrogens (tertiary/aromatic N) is 1. The predicted octanol–water partition coefficient (Wildman–Crippen LogP) is 0.607. The van der Waals surface area contributed by atoms with Crippen LogP contribution in [0, 0.1) is 0 Å². The molecule has 1 heterocycles. The second kappa shape index (κ2) is 6.54. The van der Waals surface area contributed by atoms with E-state index in [1.807, 2.05) is 0 Å². The largest absolute Gasteiger partial charge is 0.464 e. The van der Waals surface area contributed by atoms with Gasteiger partial charge in [0.05, 0.1) is 18.0 Å². The van der Waals surface area contributed by atoms with Crippen LogP contribution in [0.3, 0.4) is 0 Å². The number of hydrogen-bond donors (Lipinski definition) is 1. The fourth-order valence-corrected chi connectivity index (χ4v) is 2.09. The van der Waals surface area contributed by atoms with Crippen LogP contribution >= 0.6 is 12.2 Å². The summed E-state index contributed by atoms with van der Waals surface area (Å²) < 4.78 is 4.97. The van der Waals surface area contributed by atoms with Crippen molar-refractivity contribution in [2.45, 2.75) is 38.6 Å². The van der Waals surface area contributed by atoms with E-state index < -0.39 is 6.04 Å². The van der Waals surface area contributed by atoms with Gasteiger partial charge in [-0.25, -0.2) is 4.79 Å². The zero-order valence-corrected chi connectivity index (χ0v) is 10.8. The minimum Gasteiger partial charge on any atom is -0.464 e. The van der Waals surface area contributed by atoms with Gasteiger partial charge in [-0.1, -0.05) is 12.2 Å². The molecule has 0 aliphatic carbocycles. The number of nitrogens with two attached hydrogens (primary N) is 1. The first-order valence-corrected chi connectivity index (χ1v) is 6.21. The van der Waals surface area contributed by atoms with E-state index in [0.717, 1.165) is 12.8 Å². The SMILES string of the molecule is CCOC(=O)C1CCCCN1C(=O)CC(N)=S. The topological polar surface area (TPSA) is 72.6 Å². The third-order valence-electron chi connectivity index (χ3n) is 2.71. The molecule has 0 radical (unpaired) electrons.